The van der Waals surface area contributed by atoms with Gasteiger partial charge < -0.3 is 14.3 Å². The lowest BCUT2D eigenvalue weighted by molar-refractivity contribution is -0.873. The molecular weight excluding hydrogens is 450 g/mol. The largest absolute Gasteiger partial charge is 0.481 e. The maximum Gasteiger partial charge on any atom is 0.307 e. The summed E-state index contributed by atoms with van der Waals surface area (Å²) >= 11 is 0. The van der Waals surface area contributed by atoms with Gasteiger partial charge in [-0.25, -0.2) is 0 Å². The highest BCUT2D eigenvalue weighted by Gasteiger charge is 2.24. The van der Waals surface area contributed by atoms with Crippen LogP contribution in [-0.4, -0.2) is 55.3 Å². The molecular formula is C31H60NO4+. The van der Waals surface area contributed by atoms with E-state index in [4.69, 9.17) is 9.84 Å². The van der Waals surface area contributed by atoms with Crippen molar-refractivity contribution in [2.45, 2.75) is 148 Å². The van der Waals surface area contributed by atoms with Crippen molar-refractivity contribution >= 4 is 11.9 Å². The minimum atomic E-state index is -0.924. The SMILES string of the molecule is CCCCCCCC/C=C\CCCCCCCCCCCCCC(=O)OC(CC(=O)O)C[N+](C)(C)C. The summed E-state index contributed by atoms with van der Waals surface area (Å²) in [6, 6.07) is 0. The number of carboxylic acids is 1. The number of ether oxygens (including phenoxy) is 1. The zero-order valence-corrected chi connectivity index (χ0v) is 24.4. The zero-order chi connectivity index (χ0) is 26.9. The number of unbranched alkanes of at least 4 members (excludes halogenated alkanes) is 17. The topological polar surface area (TPSA) is 63.6 Å². The van der Waals surface area contributed by atoms with Crippen molar-refractivity contribution in [3.63, 3.8) is 0 Å². The van der Waals surface area contributed by atoms with Crippen LogP contribution in [-0.2, 0) is 14.3 Å². The third-order valence-corrected chi connectivity index (χ3v) is 6.59. The van der Waals surface area contributed by atoms with E-state index in [1.54, 1.807) is 0 Å². The summed E-state index contributed by atoms with van der Waals surface area (Å²) in [5.74, 6) is -1.18. The van der Waals surface area contributed by atoms with Crippen LogP contribution in [0.5, 0.6) is 0 Å². The van der Waals surface area contributed by atoms with Crippen LogP contribution >= 0.6 is 0 Å². The first-order chi connectivity index (χ1) is 17.2. The molecule has 0 rings (SSSR count). The molecule has 0 saturated carbocycles. The van der Waals surface area contributed by atoms with Crippen molar-refractivity contribution in [1.82, 2.24) is 0 Å². The number of carbonyl (C=O) groups is 2. The van der Waals surface area contributed by atoms with E-state index in [-0.39, 0.29) is 12.4 Å². The highest BCUT2D eigenvalue weighted by Crippen LogP contribution is 2.14. The zero-order valence-electron chi connectivity index (χ0n) is 24.4. The van der Waals surface area contributed by atoms with Crippen molar-refractivity contribution in [3.05, 3.63) is 12.2 Å². The van der Waals surface area contributed by atoms with Crippen LogP contribution < -0.4 is 0 Å². The van der Waals surface area contributed by atoms with Crippen LogP contribution in [0.3, 0.4) is 0 Å². The normalized spacial score (nSPS) is 12.8. The lowest BCUT2D eigenvalue weighted by Gasteiger charge is -2.28. The van der Waals surface area contributed by atoms with Gasteiger partial charge in [-0.15, -0.1) is 0 Å². The van der Waals surface area contributed by atoms with Crippen molar-refractivity contribution in [2.75, 3.05) is 27.7 Å². The number of likely N-dealkylation sites (N-methyl/N-ethyl adjacent to an activating group) is 1. The second-order valence-corrected chi connectivity index (χ2v) is 11.6. The van der Waals surface area contributed by atoms with E-state index < -0.39 is 12.1 Å². The number of hydrogen-bond acceptors (Lipinski definition) is 3. The summed E-state index contributed by atoms with van der Waals surface area (Å²) in [5.41, 5.74) is 0. The highest BCUT2D eigenvalue weighted by atomic mass is 16.5. The predicted molar refractivity (Wildman–Crippen MR) is 152 cm³/mol. The number of carboxylic acid groups (broad SMARTS) is 1. The third kappa shape index (κ3) is 27.2. The summed E-state index contributed by atoms with van der Waals surface area (Å²) in [6.45, 7) is 2.78. The lowest BCUT2D eigenvalue weighted by atomic mass is 10.0. The van der Waals surface area contributed by atoms with E-state index in [9.17, 15) is 9.59 Å². The number of aliphatic carboxylic acids is 1. The molecule has 0 radical (unpaired) electrons. The van der Waals surface area contributed by atoms with E-state index in [1.165, 1.54) is 103 Å². The highest BCUT2D eigenvalue weighted by molar-refractivity contribution is 5.71. The lowest BCUT2D eigenvalue weighted by Crippen LogP contribution is -2.43. The summed E-state index contributed by atoms with van der Waals surface area (Å²) in [4.78, 5) is 23.1. The van der Waals surface area contributed by atoms with Gasteiger partial charge in [0.1, 0.15) is 6.54 Å². The van der Waals surface area contributed by atoms with Gasteiger partial charge in [-0.2, -0.15) is 0 Å². The third-order valence-electron chi connectivity index (χ3n) is 6.59. The molecule has 5 heteroatoms. The van der Waals surface area contributed by atoms with Crippen LogP contribution in [0.1, 0.15) is 142 Å². The molecule has 5 nitrogen and oxygen atoms in total. The summed E-state index contributed by atoms with van der Waals surface area (Å²) in [5, 5.41) is 9.05. The Morgan fingerprint density at radius 3 is 1.53 bits per heavy atom. The van der Waals surface area contributed by atoms with Gasteiger partial charge in [-0.05, 0) is 32.1 Å². The van der Waals surface area contributed by atoms with Crippen molar-refractivity contribution < 1.29 is 23.9 Å². The van der Waals surface area contributed by atoms with E-state index in [0.29, 0.717) is 17.4 Å². The second kappa shape index (κ2) is 24.0. The molecule has 0 aliphatic heterocycles. The fourth-order valence-electron chi connectivity index (χ4n) is 4.59. The Morgan fingerprint density at radius 2 is 1.11 bits per heavy atom. The standard InChI is InChI=1S/C31H59NO4/c1-5-6-7-8-9-10-11-12-13-14-15-16-17-18-19-20-21-22-23-24-25-26-31(35)36-29(27-30(33)34)28-32(2,3)4/h12-13,29H,5-11,14-28H2,1-4H3/p+1/b13-12-. The van der Waals surface area contributed by atoms with Gasteiger partial charge in [0.25, 0.3) is 0 Å². The van der Waals surface area contributed by atoms with E-state index in [0.717, 1.165) is 19.3 Å². The number of esters is 1. The van der Waals surface area contributed by atoms with E-state index >= 15 is 0 Å². The van der Waals surface area contributed by atoms with Gasteiger partial charge in [0, 0.05) is 6.42 Å². The quantitative estimate of drug-likeness (QED) is 0.0548. The van der Waals surface area contributed by atoms with E-state index in [1.807, 2.05) is 21.1 Å². The van der Waals surface area contributed by atoms with Crippen LogP contribution in [0.2, 0.25) is 0 Å². The minimum absolute atomic E-state index is 0.127. The van der Waals surface area contributed by atoms with Crippen molar-refractivity contribution in [1.29, 1.82) is 0 Å². The molecule has 0 amide bonds. The Kier molecular flexibility index (Phi) is 23.1. The number of rotatable bonds is 26. The molecule has 0 aromatic heterocycles. The Balaban J connectivity index is 3.47. The van der Waals surface area contributed by atoms with Gasteiger partial charge in [-0.1, -0.05) is 109 Å². The molecule has 0 heterocycles. The molecule has 212 valence electrons. The maximum absolute atomic E-state index is 12.1. The molecule has 1 atom stereocenters. The van der Waals surface area contributed by atoms with Gasteiger partial charge in [-0.3, -0.25) is 9.59 Å². The number of nitrogens with zero attached hydrogens (tertiary/aromatic N) is 1. The molecule has 36 heavy (non-hydrogen) atoms. The minimum Gasteiger partial charge on any atom is -0.481 e. The monoisotopic (exact) mass is 510 g/mol. The maximum atomic E-state index is 12.1. The van der Waals surface area contributed by atoms with Gasteiger partial charge in [0.05, 0.1) is 27.6 Å². The summed E-state index contributed by atoms with van der Waals surface area (Å²) in [6.07, 6.45) is 29.0. The first-order valence-electron chi connectivity index (χ1n) is 15.1. The van der Waals surface area contributed by atoms with E-state index in [2.05, 4.69) is 19.1 Å². The molecule has 0 aliphatic carbocycles. The Hall–Kier alpha value is -1.36. The van der Waals surface area contributed by atoms with Crippen LogP contribution in [0.4, 0.5) is 0 Å². The molecule has 0 aromatic carbocycles. The Bertz CT molecular complexity index is 553. The van der Waals surface area contributed by atoms with Gasteiger partial charge in [0.2, 0.25) is 0 Å². The molecule has 1 unspecified atom stereocenters. The molecule has 1 N–H and O–H groups in total. The average Bonchev–Trinajstić information content (AvgIpc) is 2.78. The average molecular weight is 511 g/mol. The fraction of sp³-hybridized carbons (Fsp3) is 0.871. The van der Waals surface area contributed by atoms with Gasteiger partial charge >= 0.3 is 11.9 Å². The number of quaternary nitrogens is 1. The molecule has 0 spiro atoms. The molecule has 0 aromatic rings. The fourth-order valence-corrected chi connectivity index (χ4v) is 4.59. The van der Waals surface area contributed by atoms with Crippen LogP contribution in [0.25, 0.3) is 0 Å². The van der Waals surface area contributed by atoms with Crippen molar-refractivity contribution in [2.24, 2.45) is 0 Å². The smallest absolute Gasteiger partial charge is 0.307 e. The first kappa shape index (κ1) is 34.6. The predicted octanol–water partition coefficient (Wildman–Crippen LogP) is 8.46. The molecule has 0 saturated heterocycles. The van der Waals surface area contributed by atoms with Crippen LogP contribution in [0, 0.1) is 0 Å². The Morgan fingerprint density at radius 1 is 0.694 bits per heavy atom. The number of carbonyl (C=O) groups excluding carboxylic acids is 1. The molecule has 0 aliphatic rings. The summed E-state index contributed by atoms with van der Waals surface area (Å²) < 4.78 is 6.01. The summed E-state index contributed by atoms with van der Waals surface area (Å²) in [7, 11) is 5.92. The Labute approximate surface area is 223 Å². The van der Waals surface area contributed by atoms with Gasteiger partial charge in [0.15, 0.2) is 6.10 Å². The van der Waals surface area contributed by atoms with Crippen molar-refractivity contribution in [3.8, 4) is 0 Å². The van der Waals surface area contributed by atoms with Crippen LogP contribution in [0.15, 0.2) is 12.2 Å². The first-order valence-corrected chi connectivity index (χ1v) is 15.1. The number of hydrogen-bond donors (Lipinski definition) is 1. The second-order valence-electron chi connectivity index (χ2n) is 11.6. The number of allylic oxidation sites excluding steroid dienone is 2. The molecule has 0 fully saturated rings. The molecule has 0 bridgehead atoms.